The highest BCUT2D eigenvalue weighted by Crippen LogP contribution is 2.37. The summed E-state index contributed by atoms with van der Waals surface area (Å²) in [6, 6.07) is 10.8. The van der Waals surface area contributed by atoms with Crippen molar-refractivity contribution in [2.45, 2.75) is 12.8 Å². The summed E-state index contributed by atoms with van der Waals surface area (Å²) in [6.07, 6.45) is 2.97. The van der Waals surface area contributed by atoms with Gasteiger partial charge in [-0.15, -0.1) is 0 Å². The van der Waals surface area contributed by atoms with Crippen molar-refractivity contribution in [3.05, 3.63) is 70.2 Å². The van der Waals surface area contributed by atoms with Crippen molar-refractivity contribution in [3.63, 3.8) is 0 Å². The molecule has 0 atom stereocenters. The third-order valence-electron chi connectivity index (χ3n) is 4.30. The Morgan fingerprint density at radius 1 is 1.07 bits per heavy atom. The van der Waals surface area contributed by atoms with Gasteiger partial charge in [-0.3, -0.25) is 4.99 Å². The summed E-state index contributed by atoms with van der Waals surface area (Å²) < 4.78 is 40.3. The molecule has 0 saturated heterocycles. The van der Waals surface area contributed by atoms with Crippen LogP contribution in [0.5, 0.6) is 23.4 Å². The highest BCUT2D eigenvalue weighted by atomic mass is 19.3. The molecule has 0 unspecified atom stereocenters. The lowest BCUT2D eigenvalue weighted by molar-refractivity contribution is 0.0426. The third kappa shape index (κ3) is 4.27. The number of aromatic hydroxyl groups is 1. The summed E-state index contributed by atoms with van der Waals surface area (Å²) in [5.41, 5.74) is -0.403. The van der Waals surface area contributed by atoms with Crippen LogP contribution >= 0.6 is 0 Å². The Morgan fingerprint density at radius 2 is 1.80 bits per heavy atom. The van der Waals surface area contributed by atoms with Gasteiger partial charge in [-0.2, -0.15) is 18.7 Å². The van der Waals surface area contributed by atoms with Crippen LogP contribution in [0.1, 0.15) is 18.1 Å². The third-order valence-corrected chi connectivity index (χ3v) is 4.30. The summed E-state index contributed by atoms with van der Waals surface area (Å²) in [5, 5.41) is 10.7. The first kappa shape index (κ1) is 20.9. The van der Waals surface area contributed by atoms with E-state index in [1.165, 1.54) is 55.8 Å². The Bertz CT molecular complexity index is 1180. The maximum absolute atomic E-state index is 14.9. The number of aliphatic imine (C=N–C) groups is 1. The van der Waals surface area contributed by atoms with Crippen molar-refractivity contribution >= 4 is 19.0 Å². The molecule has 0 aliphatic rings. The van der Waals surface area contributed by atoms with E-state index in [0.717, 1.165) is 0 Å². The van der Waals surface area contributed by atoms with E-state index >= 15 is 0 Å². The number of nitrogens with zero attached hydrogens (tertiary/aromatic N) is 3. The molecule has 0 spiro atoms. The molecule has 8 heteroatoms. The van der Waals surface area contributed by atoms with Crippen molar-refractivity contribution in [1.82, 2.24) is 9.97 Å². The van der Waals surface area contributed by atoms with Crippen LogP contribution in [0.15, 0.2) is 53.5 Å². The topological polar surface area (TPSA) is 76.8 Å². The first-order valence-corrected chi connectivity index (χ1v) is 8.89. The molecule has 3 aromatic rings. The number of alkyl halides is 2. The van der Waals surface area contributed by atoms with Crippen molar-refractivity contribution in [3.8, 4) is 23.4 Å². The highest BCUT2D eigenvalue weighted by molar-refractivity contribution is 5.41. The second-order valence-corrected chi connectivity index (χ2v) is 6.16. The average molecular weight is 411 g/mol. The smallest absolute Gasteiger partial charge is 0.325 e. The molecule has 1 N–H and O–H groups in total. The van der Waals surface area contributed by atoms with Crippen LogP contribution in [0, 0.1) is 0 Å². The fourth-order valence-corrected chi connectivity index (χ4v) is 2.78. The zero-order chi connectivity index (χ0) is 21.7. The minimum absolute atomic E-state index is 0.152. The van der Waals surface area contributed by atoms with E-state index in [-0.39, 0.29) is 28.8 Å². The molecule has 1 aromatic heterocycles. The first-order chi connectivity index (χ1) is 14.4. The van der Waals surface area contributed by atoms with Gasteiger partial charge in [-0.25, -0.2) is 0 Å². The van der Waals surface area contributed by atoms with Crippen LogP contribution in [0.25, 0.3) is 12.3 Å². The second-order valence-electron chi connectivity index (χ2n) is 6.16. The van der Waals surface area contributed by atoms with Crippen LogP contribution in [0.2, 0.25) is 0 Å². The number of ether oxygens (including phenoxy) is 2. The number of aromatic nitrogens is 2. The zero-order valence-electron chi connectivity index (χ0n) is 16.3. The fourth-order valence-electron chi connectivity index (χ4n) is 2.78. The van der Waals surface area contributed by atoms with Gasteiger partial charge in [-0.1, -0.05) is 18.2 Å². The quantitative estimate of drug-likeness (QED) is 0.630. The van der Waals surface area contributed by atoms with Gasteiger partial charge in [0.25, 0.3) is 5.92 Å². The molecule has 0 radical (unpaired) electrons. The minimum Gasteiger partial charge on any atom is -0.497 e. The van der Waals surface area contributed by atoms with Gasteiger partial charge in [0, 0.05) is 11.1 Å². The molecule has 0 saturated carbocycles. The van der Waals surface area contributed by atoms with E-state index in [1.54, 1.807) is 19.1 Å². The Hall–Kier alpha value is -3.81. The molecule has 0 aliphatic heterocycles. The van der Waals surface area contributed by atoms with Crippen LogP contribution in [-0.4, -0.2) is 28.9 Å². The maximum atomic E-state index is 14.9. The van der Waals surface area contributed by atoms with E-state index in [2.05, 4.69) is 21.7 Å². The van der Waals surface area contributed by atoms with Crippen molar-refractivity contribution in [2.24, 2.45) is 4.99 Å². The van der Waals surface area contributed by atoms with Gasteiger partial charge in [0.1, 0.15) is 11.5 Å². The number of benzene rings is 2. The van der Waals surface area contributed by atoms with E-state index in [0.29, 0.717) is 16.3 Å². The number of hydrogen-bond donors (Lipinski definition) is 1. The van der Waals surface area contributed by atoms with Crippen molar-refractivity contribution in [2.75, 3.05) is 7.11 Å². The van der Waals surface area contributed by atoms with Gasteiger partial charge in [0.05, 0.1) is 23.9 Å². The highest BCUT2D eigenvalue weighted by Gasteiger charge is 2.34. The minimum atomic E-state index is -3.22. The monoisotopic (exact) mass is 411 g/mol. The van der Waals surface area contributed by atoms with Crippen molar-refractivity contribution < 1.29 is 23.4 Å². The number of hydrogen-bond acceptors (Lipinski definition) is 6. The second kappa shape index (κ2) is 8.69. The molecule has 30 heavy (non-hydrogen) atoms. The van der Waals surface area contributed by atoms with E-state index in [9.17, 15) is 13.9 Å². The van der Waals surface area contributed by atoms with Gasteiger partial charge < -0.3 is 14.6 Å². The summed E-state index contributed by atoms with van der Waals surface area (Å²) in [6.45, 7) is 5.07. The lowest BCUT2D eigenvalue weighted by atomic mass is 10.00. The maximum Gasteiger partial charge on any atom is 0.325 e. The Balaban J connectivity index is 1.89. The van der Waals surface area contributed by atoms with Gasteiger partial charge in [0.15, 0.2) is 0 Å². The fraction of sp³-hybridized carbons (Fsp3) is 0.136. The molecule has 3 rings (SSSR count). The van der Waals surface area contributed by atoms with E-state index in [1.807, 2.05) is 0 Å². The molecule has 0 aliphatic carbocycles. The Kier molecular flexibility index (Phi) is 6.06. The molecule has 154 valence electrons. The zero-order valence-corrected chi connectivity index (χ0v) is 16.3. The molecule has 6 nitrogen and oxygen atoms in total. The normalized spacial score (nSPS) is 12.7. The average Bonchev–Trinajstić information content (AvgIpc) is 2.74. The molecular formula is C22H19F2N3O3. The van der Waals surface area contributed by atoms with Gasteiger partial charge in [0.2, 0.25) is 5.88 Å². The summed E-state index contributed by atoms with van der Waals surface area (Å²) in [7, 11) is 1.42. The molecule has 2 aromatic carbocycles. The predicted octanol–water partition coefficient (Wildman–Crippen LogP) is 3.36. The molecule has 0 amide bonds. The molecule has 1 heterocycles. The van der Waals surface area contributed by atoms with Crippen LogP contribution in [0.3, 0.4) is 0 Å². The Labute approximate surface area is 171 Å². The summed E-state index contributed by atoms with van der Waals surface area (Å²) in [5.74, 6) is -2.94. The Morgan fingerprint density at radius 3 is 2.43 bits per heavy atom. The summed E-state index contributed by atoms with van der Waals surface area (Å²) >= 11 is 0. The first-order valence-electron chi connectivity index (χ1n) is 8.89. The van der Waals surface area contributed by atoms with Crippen LogP contribution < -0.4 is 20.0 Å². The number of rotatable bonds is 6. The van der Waals surface area contributed by atoms with Gasteiger partial charge in [-0.05, 0) is 50.0 Å². The predicted molar refractivity (Wildman–Crippen MR) is 110 cm³/mol. The molecule has 0 fully saturated rings. The number of methoxy groups -OCH3 is 1. The van der Waals surface area contributed by atoms with Gasteiger partial charge >= 0.3 is 6.01 Å². The van der Waals surface area contributed by atoms with Crippen molar-refractivity contribution in [1.29, 1.82) is 0 Å². The van der Waals surface area contributed by atoms with E-state index < -0.39 is 5.92 Å². The standard InChI is InChI=1S/C22H19F2N3O3/c1-4-18-19(13-25-2)26-21(27-20(18)28)30-16-10-8-14(9-11-16)22(23,24)15-6-5-7-17(12-15)29-3/h4-13H,2H2,1,3H3,(H,26,27,28)/b18-4+,19-13+. The molecule has 0 bridgehead atoms. The van der Waals surface area contributed by atoms with Crippen LogP contribution in [0.4, 0.5) is 8.78 Å². The molecular weight excluding hydrogens is 392 g/mol. The lowest BCUT2D eigenvalue weighted by Crippen LogP contribution is -2.29. The lowest BCUT2D eigenvalue weighted by Gasteiger charge is -2.18. The largest absolute Gasteiger partial charge is 0.497 e. The SMILES string of the molecule is C=N/C=c1/nc(Oc2ccc(C(F)(F)c3cccc(OC)c3)cc2)nc(O)/c1=C/C. The van der Waals surface area contributed by atoms with Crippen LogP contribution in [-0.2, 0) is 5.92 Å². The number of halogens is 2. The van der Waals surface area contributed by atoms with E-state index in [4.69, 9.17) is 9.47 Å². The summed E-state index contributed by atoms with van der Waals surface area (Å²) in [4.78, 5) is 11.7.